The number of nitrogens with zero attached hydrogens (tertiary/aromatic N) is 5. The van der Waals surface area contributed by atoms with Crippen molar-refractivity contribution in [2.75, 3.05) is 67.8 Å². The minimum absolute atomic E-state index is 0.237. The number of morpholine rings is 1. The van der Waals surface area contributed by atoms with E-state index >= 15 is 0 Å². The van der Waals surface area contributed by atoms with Crippen LogP contribution in [0, 0.1) is 6.92 Å². The number of thiazole rings is 1. The normalized spacial score (nSPS) is 15.7. The van der Waals surface area contributed by atoms with E-state index in [9.17, 15) is 19.2 Å². The average Bonchev–Trinajstić information content (AvgIpc) is 3.83. The molecule has 286 valence electrons. The van der Waals surface area contributed by atoms with Gasteiger partial charge in [-0.15, -0.1) is 23.1 Å². The Kier molecular flexibility index (Phi) is 12.4. The topological polar surface area (TPSA) is 212 Å². The second-order valence-electron chi connectivity index (χ2n) is 12.6. The van der Waals surface area contributed by atoms with E-state index < -0.39 is 18.1 Å². The van der Waals surface area contributed by atoms with Crippen LogP contribution in [0.5, 0.6) is 5.75 Å². The summed E-state index contributed by atoms with van der Waals surface area (Å²) in [6.45, 7) is 8.82. The van der Waals surface area contributed by atoms with Gasteiger partial charge in [0.2, 0.25) is 24.2 Å². The standard InChI is InChI=1S/C36H44N10O6S2/c1-4-24-31(54-21(2)40-24)34(50)43-36-42-26-17-23(33(38)49)19-28(53-3)30(26)46(36)10-6-5-9-45-29-25(41-35(45)39-20-47)16-22(32(37)48)18-27(29)52-13-7-8-44-11-14-51-15-12-44/h5-6,16-20,36,42H,4,7-15H2,1-3H3,(H2,37,48)(H2,38,49)(H,43,50)(H,39,41,47)/b6-5+. The predicted molar refractivity (Wildman–Crippen MR) is 210 cm³/mol. The number of ether oxygens (including phenoxy) is 2. The largest absolute Gasteiger partial charge is 0.491 e. The van der Waals surface area contributed by atoms with Crippen LogP contribution in [0.15, 0.2) is 41.3 Å². The molecule has 0 radical (unpaired) electrons. The van der Waals surface area contributed by atoms with E-state index in [0.29, 0.717) is 72.1 Å². The third kappa shape index (κ3) is 8.46. The van der Waals surface area contributed by atoms with Crippen LogP contribution in [-0.4, -0.2) is 102 Å². The molecule has 0 spiro atoms. The highest BCUT2D eigenvalue weighted by Crippen LogP contribution is 2.42. The zero-order chi connectivity index (χ0) is 38.4. The highest BCUT2D eigenvalue weighted by atomic mass is 32.2. The summed E-state index contributed by atoms with van der Waals surface area (Å²) in [6.07, 6.45) is 7.00. The van der Waals surface area contributed by atoms with Crippen LogP contribution in [0.2, 0.25) is 0 Å². The number of hydrogen-bond acceptors (Lipinski definition) is 13. The number of primary amides is 2. The fraction of sp³-hybridized carbons (Fsp3) is 0.389. The molecule has 16 nitrogen and oxygen atoms in total. The smallest absolute Gasteiger partial charge is 0.266 e. The number of benzene rings is 2. The minimum Gasteiger partial charge on any atom is -0.491 e. The van der Waals surface area contributed by atoms with Crippen LogP contribution >= 0.6 is 23.1 Å². The first-order valence-electron chi connectivity index (χ1n) is 17.6. The summed E-state index contributed by atoms with van der Waals surface area (Å²) in [6, 6.07) is 6.61. The maximum Gasteiger partial charge on any atom is 0.266 e. The molecule has 6 rings (SSSR count). The van der Waals surface area contributed by atoms with Gasteiger partial charge in [-0.3, -0.25) is 29.4 Å². The highest BCUT2D eigenvalue weighted by Gasteiger charge is 2.33. The Morgan fingerprint density at radius 3 is 2.54 bits per heavy atom. The molecule has 7 N–H and O–H groups in total. The van der Waals surface area contributed by atoms with E-state index in [4.69, 9.17) is 20.9 Å². The molecule has 0 bridgehead atoms. The zero-order valence-electron chi connectivity index (χ0n) is 30.3. The van der Waals surface area contributed by atoms with E-state index in [1.54, 1.807) is 28.8 Å². The molecule has 4 amide bonds. The third-order valence-electron chi connectivity index (χ3n) is 9.10. The van der Waals surface area contributed by atoms with E-state index in [2.05, 4.69) is 30.8 Å². The van der Waals surface area contributed by atoms with Gasteiger partial charge < -0.3 is 41.0 Å². The lowest BCUT2D eigenvalue weighted by Crippen LogP contribution is -2.50. The number of rotatable bonds is 17. The van der Waals surface area contributed by atoms with Crippen LogP contribution in [0.3, 0.4) is 0 Å². The van der Waals surface area contributed by atoms with Gasteiger partial charge in [-0.05, 0) is 50.3 Å². The molecule has 4 aromatic rings. The van der Waals surface area contributed by atoms with Gasteiger partial charge in [0, 0.05) is 48.7 Å². The molecule has 2 aliphatic rings. The van der Waals surface area contributed by atoms with Crippen molar-refractivity contribution in [2.24, 2.45) is 11.5 Å². The first-order valence-corrected chi connectivity index (χ1v) is 19.6. The number of anilines is 3. The number of aryl methyl sites for hydroxylation is 2. The Balaban J connectivity index is 1.27. The number of nitrogens with one attached hydrogen (secondary N) is 3. The van der Waals surface area contributed by atoms with E-state index in [0.717, 1.165) is 47.3 Å². The maximum atomic E-state index is 13.6. The van der Waals surface area contributed by atoms with Gasteiger partial charge in [-0.25, -0.2) is 9.97 Å². The van der Waals surface area contributed by atoms with E-state index in [1.807, 2.05) is 37.2 Å². The molecule has 1 atom stereocenters. The van der Waals surface area contributed by atoms with Gasteiger partial charge in [0.25, 0.3) is 5.91 Å². The van der Waals surface area contributed by atoms with Crippen LogP contribution in [0.1, 0.15) is 54.4 Å². The van der Waals surface area contributed by atoms with Crippen molar-refractivity contribution < 1.29 is 28.7 Å². The molecular weight excluding hydrogens is 733 g/mol. The Bertz CT molecular complexity index is 2080. The lowest BCUT2D eigenvalue weighted by atomic mass is 10.1. The summed E-state index contributed by atoms with van der Waals surface area (Å²) < 4.78 is 13.5. The average molecular weight is 777 g/mol. The molecule has 0 aliphatic carbocycles. The molecule has 1 unspecified atom stereocenters. The van der Waals surface area contributed by atoms with Crippen molar-refractivity contribution in [2.45, 2.75) is 44.4 Å². The van der Waals surface area contributed by atoms with Crippen molar-refractivity contribution in [1.82, 2.24) is 24.8 Å². The molecule has 2 aromatic heterocycles. The van der Waals surface area contributed by atoms with Gasteiger partial charge in [0.05, 0.1) is 47.4 Å². The number of allylic oxidation sites excluding steroid dienone is 1. The van der Waals surface area contributed by atoms with Gasteiger partial charge in [-0.1, -0.05) is 19.1 Å². The third-order valence-corrected chi connectivity index (χ3v) is 10.9. The number of amides is 4. The van der Waals surface area contributed by atoms with Gasteiger partial charge in [0.1, 0.15) is 16.1 Å². The van der Waals surface area contributed by atoms with Crippen LogP contribution in [0.25, 0.3) is 11.0 Å². The molecule has 1 saturated heterocycles. The summed E-state index contributed by atoms with van der Waals surface area (Å²) in [5, 5.41) is 9.95. The molecule has 54 heavy (non-hydrogen) atoms. The molecule has 4 heterocycles. The number of carbonyl (C=O) groups excluding carboxylic acids is 4. The van der Waals surface area contributed by atoms with Crippen molar-refractivity contribution in [1.29, 1.82) is 0 Å². The number of thioether (sulfide) groups is 1. The second kappa shape index (κ2) is 17.3. The summed E-state index contributed by atoms with van der Waals surface area (Å²) in [5.74, 6) is -0.766. The van der Waals surface area contributed by atoms with E-state index in [1.165, 1.54) is 23.1 Å². The van der Waals surface area contributed by atoms with Gasteiger partial charge in [0.15, 0.2) is 6.29 Å². The van der Waals surface area contributed by atoms with E-state index in [-0.39, 0.29) is 24.0 Å². The number of imidazole rings is 1. The number of nitrogens with two attached hydrogens (primary N) is 2. The fourth-order valence-electron chi connectivity index (χ4n) is 6.54. The van der Waals surface area contributed by atoms with Crippen molar-refractivity contribution in [3.05, 3.63) is 63.1 Å². The lowest BCUT2D eigenvalue weighted by Gasteiger charge is -2.27. The van der Waals surface area contributed by atoms with Gasteiger partial charge in [-0.2, -0.15) is 0 Å². The fourth-order valence-corrected chi connectivity index (χ4v) is 8.12. The van der Waals surface area contributed by atoms with Crippen LogP contribution in [0.4, 0.5) is 17.3 Å². The molecule has 18 heteroatoms. The Morgan fingerprint density at radius 1 is 1.09 bits per heavy atom. The number of carbonyl (C=O) groups is 4. The zero-order valence-corrected chi connectivity index (χ0v) is 32.0. The van der Waals surface area contributed by atoms with Crippen LogP contribution in [-0.2, 0) is 22.5 Å². The number of hydrogen-bond donors (Lipinski definition) is 5. The summed E-state index contributed by atoms with van der Waals surface area (Å²) in [4.78, 5) is 64.5. The molecule has 1 fully saturated rings. The summed E-state index contributed by atoms with van der Waals surface area (Å²) >= 11 is 2.80. The van der Waals surface area contributed by atoms with Crippen molar-refractivity contribution >= 4 is 75.6 Å². The molecule has 2 aromatic carbocycles. The second-order valence-corrected chi connectivity index (χ2v) is 14.7. The quantitative estimate of drug-likeness (QED) is 0.0453. The summed E-state index contributed by atoms with van der Waals surface area (Å²) in [5.41, 5.74) is 15.1. The first-order chi connectivity index (χ1) is 26.1. The monoisotopic (exact) mass is 776 g/mol. The Hall–Kier alpha value is -5.17. The molecular formula is C36H44N10O6S2. The van der Waals surface area contributed by atoms with Crippen LogP contribution < -0.4 is 37.1 Å². The number of aromatic nitrogens is 3. The number of fused-ring (bicyclic) bond motifs is 2. The molecule has 2 aliphatic heterocycles. The predicted octanol–water partition coefficient (Wildman–Crippen LogP) is 3.15. The Labute approximate surface area is 320 Å². The molecule has 0 saturated carbocycles. The Morgan fingerprint density at radius 2 is 1.83 bits per heavy atom. The van der Waals surface area contributed by atoms with Crippen molar-refractivity contribution in [3.8, 4) is 5.75 Å². The minimum atomic E-state index is -0.663. The maximum absolute atomic E-state index is 13.6. The van der Waals surface area contributed by atoms with Gasteiger partial charge >= 0.3 is 0 Å². The SMILES string of the molecule is CCc1nc(C)sc1C(=O)NC1Nc2cc(C(N)=O)cc(SC)c2N1C/C=C/Cn1c(NC=O)nc2cc(C(N)=O)cc(OCCCN3CCOCC3)c21. The summed E-state index contributed by atoms with van der Waals surface area (Å²) in [7, 11) is 0. The van der Waals surface area contributed by atoms with Crippen molar-refractivity contribution in [3.63, 3.8) is 0 Å². The highest BCUT2D eigenvalue weighted by molar-refractivity contribution is 7.98. The lowest BCUT2D eigenvalue weighted by molar-refractivity contribution is -0.105. The first kappa shape index (κ1) is 38.6.